The third kappa shape index (κ3) is 5.56. The number of nitrogens with zero attached hydrogens (tertiary/aromatic N) is 4. The van der Waals surface area contributed by atoms with Crippen LogP contribution in [0.1, 0.15) is 12.1 Å². The van der Waals surface area contributed by atoms with E-state index < -0.39 is 0 Å². The zero-order valence-corrected chi connectivity index (χ0v) is 18.8. The number of para-hydroxylation sites is 1. The fourth-order valence-electron chi connectivity index (χ4n) is 3.49. The Hall–Kier alpha value is -2.42. The van der Waals surface area contributed by atoms with Gasteiger partial charge in [-0.05, 0) is 18.2 Å². The third-order valence-electron chi connectivity index (χ3n) is 4.90. The van der Waals surface area contributed by atoms with Gasteiger partial charge < -0.3 is 15.0 Å². The van der Waals surface area contributed by atoms with Crippen molar-refractivity contribution in [3.8, 4) is 5.88 Å². The molecule has 1 aliphatic heterocycles. The van der Waals surface area contributed by atoms with Gasteiger partial charge in [0, 0.05) is 56.3 Å². The van der Waals surface area contributed by atoms with Gasteiger partial charge in [0.1, 0.15) is 6.10 Å². The molecular formula is C22H26IN5O. The predicted octanol–water partition coefficient (Wildman–Crippen LogP) is 3.52. The highest BCUT2D eigenvalue weighted by atomic mass is 127. The van der Waals surface area contributed by atoms with Crippen molar-refractivity contribution in [2.24, 2.45) is 4.99 Å². The van der Waals surface area contributed by atoms with Gasteiger partial charge in [-0.25, -0.2) is 4.98 Å². The van der Waals surface area contributed by atoms with Crippen molar-refractivity contribution in [3.63, 3.8) is 0 Å². The van der Waals surface area contributed by atoms with E-state index in [0.717, 1.165) is 49.6 Å². The zero-order chi connectivity index (χ0) is 19.2. The minimum absolute atomic E-state index is 0. The first-order valence-electron chi connectivity index (χ1n) is 9.70. The molecule has 0 bridgehead atoms. The van der Waals surface area contributed by atoms with Crippen molar-refractivity contribution in [2.45, 2.75) is 18.9 Å². The first kappa shape index (κ1) is 21.3. The van der Waals surface area contributed by atoms with Crippen LogP contribution in [0.25, 0.3) is 10.9 Å². The molecular weight excluding hydrogens is 477 g/mol. The Bertz CT molecular complexity index is 950. The summed E-state index contributed by atoms with van der Waals surface area (Å²) < 4.78 is 5.97. The van der Waals surface area contributed by atoms with Crippen LogP contribution in [-0.2, 0) is 6.42 Å². The largest absolute Gasteiger partial charge is 0.472 e. The molecule has 1 N–H and O–H groups in total. The molecule has 29 heavy (non-hydrogen) atoms. The van der Waals surface area contributed by atoms with Gasteiger partial charge in [0.05, 0.1) is 12.1 Å². The van der Waals surface area contributed by atoms with Crippen molar-refractivity contribution in [1.29, 1.82) is 0 Å². The third-order valence-corrected chi connectivity index (χ3v) is 4.90. The average Bonchev–Trinajstić information content (AvgIpc) is 3.20. The lowest BCUT2D eigenvalue weighted by Gasteiger charge is -2.21. The summed E-state index contributed by atoms with van der Waals surface area (Å²) in [5, 5.41) is 4.63. The number of likely N-dealkylation sites (tertiary alicyclic amines) is 1. The number of benzene rings is 1. The number of aromatic nitrogens is 2. The van der Waals surface area contributed by atoms with E-state index in [2.05, 4.69) is 44.5 Å². The smallest absolute Gasteiger partial charge is 0.213 e. The molecule has 1 aromatic carbocycles. The second kappa shape index (κ2) is 10.4. The van der Waals surface area contributed by atoms with Gasteiger partial charge in [0.15, 0.2) is 5.96 Å². The van der Waals surface area contributed by atoms with Gasteiger partial charge in [0.2, 0.25) is 5.88 Å². The van der Waals surface area contributed by atoms with E-state index in [-0.39, 0.29) is 30.1 Å². The number of aliphatic imine (C=N–C) groups is 1. The highest BCUT2D eigenvalue weighted by molar-refractivity contribution is 14.0. The van der Waals surface area contributed by atoms with Gasteiger partial charge >= 0.3 is 0 Å². The molecule has 0 saturated carbocycles. The molecule has 0 aliphatic carbocycles. The zero-order valence-electron chi connectivity index (χ0n) is 16.5. The Balaban J connectivity index is 0.00000240. The van der Waals surface area contributed by atoms with E-state index in [1.807, 2.05) is 37.4 Å². The summed E-state index contributed by atoms with van der Waals surface area (Å²) >= 11 is 0. The summed E-state index contributed by atoms with van der Waals surface area (Å²) in [5.41, 5.74) is 2.12. The number of hydrogen-bond donors (Lipinski definition) is 1. The first-order valence-corrected chi connectivity index (χ1v) is 9.70. The number of guanidine groups is 1. The van der Waals surface area contributed by atoms with E-state index in [0.29, 0.717) is 5.88 Å². The molecule has 1 saturated heterocycles. The minimum Gasteiger partial charge on any atom is -0.472 e. The molecule has 2 aromatic heterocycles. The highest BCUT2D eigenvalue weighted by Crippen LogP contribution is 2.16. The van der Waals surface area contributed by atoms with Crippen molar-refractivity contribution in [2.75, 3.05) is 26.7 Å². The Kier molecular flexibility index (Phi) is 7.62. The second-order valence-electron chi connectivity index (χ2n) is 6.86. The Labute approximate surface area is 188 Å². The SMILES string of the molecule is CN=C(NCCc1ccc2ccccc2n1)N1CCC(Oc2ccccn2)C1.I. The number of hydrogen-bond acceptors (Lipinski definition) is 4. The molecule has 3 aromatic rings. The molecule has 0 spiro atoms. The Morgan fingerprint density at radius 1 is 1.17 bits per heavy atom. The van der Waals surface area contributed by atoms with E-state index in [4.69, 9.17) is 9.72 Å². The molecule has 152 valence electrons. The number of halogens is 1. The fraction of sp³-hybridized carbons (Fsp3) is 0.318. The lowest BCUT2D eigenvalue weighted by molar-refractivity contribution is 0.205. The van der Waals surface area contributed by atoms with E-state index in [9.17, 15) is 0 Å². The quantitative estimate of drug-likeness (QED) is 0.328. The highest BCUT2D eigenvalue weighted by Gasteiger charge is 2.26. The lowest BCUT2D eigenvalue weighted by atomic mass is 10.2. The molecule has 3 heterocycles. The normalized spacial score (nSPS) is 16.5. The molecule has 0 amide bonds. The van der Waals surface area contributed by atoms with Gasteiger partial charge in [-0.15, -0.1) is 24.0 Å². The maximum atomic E-state index is 5.97. The standard InChI is InChI=1S/C22H25N5O.HI/c1-23-22(27-15-12-19(16-27)28-21-8-4-5-13-24-21)25-14-11-18-10-9-17-6-2-3-7-20(17)26-18;/h2-10,13,19H,11-12,14-16H2,1H3,(H,23,25);1H. The maximum absolute atomic E-state index is 5.97. The minimum atomic E-state index is 0. The Morgan fingerprint density at radius 3 is 2.86 bits per heavy atom. The molecule has 1 unspecified atom stereocenters. The van der Waals surface area contributed by atoms with Crippen LogP contribution in [0.4, 0.5) is 0 Å². The van der Waals surface area contributed by atoms with Crippen LogP contribution in [0, 0.1) is 0 Å². The summed E-state index contributed by atoms with van der Waals surface area (Å²) in [7, 11) is 1.82. The molecule has 7 heteroatoms. The van der Waals surface area contributed by atoms with Crippen LogP contribution >= 0.6 is 24.0 Å². The van der Waals surface area contributed by atoms with Crippen LogP contribution in [0.2, 0.25) is 0 Å². The monoisotopic (exact) mass is 503 g/mol. The summed E-state index contributed by atoms with van der Waals surface area (Å²) in [6.45, 7) is 2.52. The number of fused-ring (bicyclic) bond motifs is 1. The fourth-order valence-corrected chi connectivity index (χ4v) is 3.49. The Morgan fingerprint density at radius 2 is 2.03 bits per heavy atom. The topological polar surface area (TPSA) is 62.6 Å². The van der Waals surface area contributed by atoms with Gasteiger partial charge in [-0.2, -0.15) is 0 Å². The van der Waals surface area contributed by atoms with E-state index >= 15 is 0 Å². The van der Waals surface area contributed by atoms with Crippen molar-refractivity contribution in [3.05, 3.63) is 66.5 Å². The molecule has 0 radical (unpaired) electrons. The second-order valence-corrected chi connectivity index (χ2v) is 6.86. The van der Waals surface area contributed by atoms with Gasteiger partial charge in [0.25, 0.3) is 0 Å². The lowest BCUT2D eigenvalue weighted by Crippen LogP contribution is -2.41. The average molecular weight is 503 g/mol. The van der Waals surface area contributed by atoms with Crippen LogP contribution in [0.15, 0.2) is 65.8 Å². The van der Waals surface area contributed by atoms with Crippen LogP contribution in [0.3, 0.4) is 0 Å². The van der Waals surface area contributed by atoms with E-state index in [1.54, 1.807) is 6.20 Å². The van der Waals surface area contributed by atoms with E-state index in [1.165, 1.54) is 5.39 Å². The first-order chi connectivity index (χ1) is 13.8. The predicted molar refractivity (Wildman–Crippen MR) is 127 cm³/mol. The van der Waals surface area contributed by atoms with Crippen LogP contribution in [0.5, 0.6) is 5.88 Å². The van der Waals surface area contributed by atoms with Gasteiger partial charge in [-0.1, -0.05) is 30.3 Å². The van der Waals surface area contributed by atoms with Crippen LogP contribution < -0.4 is 10.1 Å². The molecule has 1 atom stereocenters. The number of pyridine rings is 2. The van der Waals surface area contributed by atoms with Crippen LogP contribution in [-0.4, -0.2) is 53.6 Å². The summed E-state index contributed by atoms with van der Waals surface area (Å²) in [5.74, 6) is 1.59. The maximum Gasteiger partial charge on any atom is 0.213 e. The summed E-state index contributed by atoms with van der Waals surface area (Å²) in [4.78, 5) is 15.6. The number of ether oxygens (including phenoxy) is 1. The number of rotatable bonds is 5. The summed E-state index contributed by atoms with van der Waals surface area (Å²) in [6.07, 6.45) is 3.70. The van der Waals surface area contributed by atoms with Crippen molar-refractivity contribution >= 4 is 40.8 Å². The molecule has 6 nitrogen and oxygen atoms in total. The van der Waals surface area contributed by atoms with Crippen molar-refractivity contribution in [1.82, 2.24) is 20.2 Å². The molecule has 4 rings (SSSR count). The number of nitrogens with one attached hydrogen (secondary N) is 1. The molecule has 1 aliphatic rings. The van der Waals surface area contributed by atoms with Gasteiger partial charge in [-0.3, -0.25) is 9.98 Å². The van der Waals surface area contributed by atoms with Crippen molar-refractivity contribution < 1.29 is 4.74 Å². The molecule has 1 fully saturated rings. The summed E-state index contributed by atoms with van der Waals surface area (Å²) in [6, 6.07) is 18.2.